The third-order valence-electron chi connectivity index (χ3n) is 3.27. The van der Waals surface area contributed by atoms with E-state index >= 15 is 0 Å². The van der Waals surface area contributed by atoms with Gasteiger partial charge in [-0.05, 0) is 24.5 Å². The first-order chi connectivity index (χ1) is 8.23. The van der Waals surface area contributed by atoms with Gasteiger partial charge in [0.1, 0.15) is 16.5 Å². The average Bonchev–Trinajstić information content (AvgIpc) is 2.91. The predicted molar refractivity (Wildman–Crippen MR) is 57.7 cm³/mol. The van der Waals surface area contributed by atoms with Crippen LogP contribution in [0.2, 0.25) is 0 Å². The summed E-state index contributed by atoms with van der Waals surface area (Å²) < 4.78 is 48.5. The van der Waals surface area contributed by atoms with Crippen LogP contribution in [0.1, 0.15) is 13.3 Å². The number of rotatable bonds is 3. The maximum atomic E-state index is 13.5. The number of hydrogen-bond donors (Lipinski definition) is 1. The molecule has 1 aliphatic carbocycles. The fraction of sp³-hybridized carbons (Fsp3) is 0.364. The molecule has 7 heteroatoms. The molecule has 0 saturated heterocycles. The molecule has 0 heterocycles. The van der Waals surface area contributed by atoms with Crippen molar-refractivity contribution in [3.05, 3.63) is 29.8 Å². The lowest BCUT2D eigenvalue weighted by molar-refractivity contribution is -0.137. The first kappa shape index (κ1) is 12.9. The molecule has 0 aliphatic heterocycles. The highest BCUT2D eigenvalue weighted by atomic mass is 32.2. The van der Waals surface area contributed by atoms with Crippen LogP contribution in [0.5, 0.6) is 0 Å². The Morgan fingerprint density at radius 2 is 2.00 bits per heavy atom. The summed E-state index contributed by atoms with van der Waals surface area (Å²) in [6.07, 6.45) is -0.0680. The Labute approximate surface area is 102 Å². The summed E-state index contributed by atoms with van der Waals surface area (Å²) in [7, 11) is -4.36. The topological polar surface area (TPSA) is 71.4 Å². The second-order valence-electron chi connectivity index (χ2n) is 4.38. The number of benzene rings is 1. The molecule has 1 N–H and O–H groups in total. The molecular weight excluding hydrogens is 266 g/mol. The van der Waals surface area contributed by atoms with Crippen LogP contribution in [-0.4, -0.2) is 24.2 Å². The summed E-state index contributed by atoms with van der Waals surface area (Å²) in [6.45, 7) is 1.47. The minimum Gasteiger partial charge on any atom is -0.480 e. The van der Waals surface area contributed by atoms with Crippen LogP contribution in [-0.2, 0) is 14.6 Å². The summed E-state index contributed by atoms with van der Waals surface area (Å²) in [6, 6.07) is 1.98. The fourth-order valence-corrected chi connectivity index (χ4v) is 4.26. The summed E-state index contributed by atoms with van der Waals surface area (Å²) in [5.41, 5.74) is 0. The molecule has 1 aliphatic rings. The van der Waals surface area contributed by atoms with Crippen LogP contribution in [0.25, 0.3) is 0 Å². The number of carboxylic acid groups (broad SMARTS) is 1. The Morgan fingerprint density at radius 1 is 1.44 bits per heavy atom. The van der Waals surface area contributed by atoms with Gasteiger partial charge in [-0.3, -0.25) is 4.79 Å². The first-order valence-corrected chi connectivity index (χ1v) is 6.65. The van der Waals surface area contributed by atoms with Gasteiger partial charge < -0.3 is 5.11 Å². The molecule has 2 unspecified atom stereocenters. The molecule has 0 amide bonds. The van der Waals surface area contributed by atoms with Crippen molar-refractivity contribution in [3.63, 3.8) is 0 Å². The molecule has 1 saturated carbocycles. The molecule has 0 radical (unpaired) electrons. The van der Waals surface area contributed by atoms with E-state index in [9.17, 15) is 22.0 Å². The van der Waals surface area contributed by atoms with E-state index in [4.69, 9.17) is 5.11 Å². The van der Waals surface area contributed by atoms with E-state index in [-0.39, 0.29) is 6.42 Å². The Balaban J connectivity index is 2.60. The van der Waals surface area contributed by atoms with Gasteiger partial charge in [0.2, 0.25) is 0 Å². The van der Waals surface area contributed by atoms with Crippen molar-refractivity contribution in [1.82, 2.24) is 0 Å². The minimum atomic E-state index is -4.36. The van der Waals surface area contributed by atoms with Crippen molar-refractivity contribution in [2.24, 2.45) is 5.92 Å². The van der Waals surface area contributed by atoms with Crippen molar-refractivity contribution >= 4 is 15.8 Å². The Kier molecular flexibility index (Phi) is 2.69. The Morgan fingerprint density at radius 3 is 2.39 bits per heavy atom. The second kappa shape index (κ2) is 3.74. The van der Waals surface area contributed by atoms with Crippen LogP contribution in [0.15, 0.2) is 23.1 Å². The van der Waals surface area contributed by atoms with Crippen LogP contribution < -0.4 is 0 Å². The molecule has 18 heavy (non-hydrogen) atoms. The largest absolute Gasteiger partial charge is 0.480 e. The van der Waals surface area contributed by atoms with Crippen molar-refractivity contribution in [2.45, 2.75) is 23.0 Å². The van der Waals surface area contributed by atoms with Gasteiger partial charge >= 0.3 is 5.97 Å². The number of halogens is 2. The molecule has 1 aromatic rings. The smallest absolute Gasteiger partial charge is 0.325 e. The quantitative estimate of drug-likeness (QED) is 0.851. The molecule has 1 aromatic carbocycles. The van der Waals surface area contributed by atoms with Gasteiger partial charge in [-0.2, -0.15) is 0 Å². The van der Waals surface area contributed by atoms with Gasteiger partial charge in [-0.1, -0.05) is 6.92 Å². The zero-order chi connectivity index (χ0) is 13.7. The number of sulfone groups is 1. The summed E-state index contributed by atoms with van der Waals surface area (Å²) in [4.78, 5) is 10.3. The second-order valence-corrected chi connectivity index (χ2v) is 6.55. The van der Waals surface area contributed by atoms with E-state index in [1.807, 2.05) is 0 Å². The van der Waals surface area contributed by atoms with Crippen molar-refractivity contribution in [1.29, 1.82) is 0 Å². The van der Waals surface area contributed by atoms with Crippen molar-refractivity contribution in [3.8, 4) is 0 Å². The monoisotopic (exact) mass is 276 g/mol. The lowest BCUT2D eigenvalue weighted by Gasteiger charge is -2.13. The van der Waals surface area contributed by atoms with Gasteiger partial charge in [0.05, 0.1) is 0 Å². The molecule has 98 valence electrons. The van der Waals surface area contributed by atoms with Gasteiger partial charge in [-0.15, -0.1) is 0 Å². The normalized spacial score (nSPS) is 26.9. The van der Waals surface area contributed by atoms with Gasteiger partial charge in [0.15, 0.2) is 14.6 Å². The van der Waals surface area contributed by atoms with E-state index in [2.05, 4.69) is 0 Å². The molecule has 2 atom stereocenters. The van der Waals surface area contributed by atoms with E-state index in [1.54, 1.807) is 0 Å². The summed E-state index contributed by atoms with van der Waals surface area (Å²) in [5.74, 6) is -4.28. The van der Waals surface area contributed by atoms with E-state index < -0.39 is 43.0 Å². The minimum absolute atomic E-state index is 0.0680. The van der Waals surface area contributed by atoms with E-state index in [1.165, 1.54) is 6.92 Å². The number of carboxylic acids is 1. The standard InChI is InChI=1S/C11H10F2O4S/c1-6-5-11(6,10(14)15)18(16,17)9-3-2-7(12)4-8(9)13/h2-4,6H,5H2,1H3,(H,14,15). The highest BCUT2D eigenvalue weighted by molar-refractivity contribution is 7.94. The highest BCUT2D eigenvalue weighted by Crippen LogP contribution is 2.52. The zero-order valence-electron chi connectivity index (χ0n) is 9.35. The number of hydrogen-bond acceptors (Lipinski definition) is 3. The van der Waals surface area contributed by atoms with Crippen molar-refractivity contribution in [2.75, 3.05) is 0 Å². The van der Waals surface area contributed by atoms with Gasteiger partial charge in [-0.25, -0.2) is 17.2 Å². The predicted octanol–water partition coefficient (Wildman–Crippen LogP) is 1.60. The highest BCUT2D eigenvalue weighted by Gasteiger charge is 2.68. The average molecular weight is 276 g/mol. The summed E-state index contributed by atoms with van der Waals surface area (Å²) >= 11 is 0. The zero-order valence-corrected chi connectivity index (χ0v) is 10.2. The van der Waals surface area contributed by atoms with Gasteiger partial charge in [0.25, 0.3) is 0 Å². The Bertz CT molecular complexity index is 626. The molecule has 0 bridgehead atoms. The maximum Gasteiger partial charge on any atom is 0.325 e. The van der Waals surface area contributed by atoms with Gasteiger partial charge in [0, 0.05) is 6.07 Å². The molecule has 4 nitrogen and oxygen atoms in total. The Hall–Kier alpha value is -1.50. The lowest BCUT2D eigenvalue weighted by atomic mass is 10.3. The third kappa shape index (κ3) is 1.53. The fourth-order valence-electron chi connectivity index (χ4n) is 2.07. The third-order valence-corrected chi connectivity index (χ3v) is 5.88. The van der Waals surface area contributed by atoms with Crippen LogP contribution >= 0.6 is 0 Å². The first-order valence-electron chi connectivity index (χ1n) is 5.16. The summed E-state index contributed by atoms with van der Waals surface area (Å²) in [5, 5.41) is 9.04. The molecular formula is C11H10F2O4S. The van der Waals surface area contributed by atoms with Crippen molar-refractivity contribution < 1.29 is 27.1 Å². The molecule has 0 spiro atoms. The molecule has 2 rings (SSSR count). The van der Waals surface area contributed by atoms with Crippen LogP contribution in [0.3, 0.4) is 0 Å². The maximum absolute atomic E-state index is 13.5. The van der Waals surface area contributed by atoms with Crippen LogP contribution in [0, 0.1) is 17.6 Å². The van der Waals surface area contributed by atoms with Crippen LogP contribution in [0.4, 0.5) is 8.78 Å². The SMILES string of the molecule is CC1CC1(C(=O)O)S(=O)(=O)c1ccc(F)cc1F. The number of aliphatic carboxylic acids is 1. The lowest BCUT2D eigenvalue weighted by Crippen LogP contribution is -2.35. The molecule has 0 aromatic heterocycles. The van der Waals surface area contributed by atoms with E-state index in [0.717, 1.165) is 12.1 Å². The van der Waals surface area contributed by atoms with E-state index in [0.29, 0.717) is 6.07 Å². The number of carbonyl (C=O) groups is 1. The molecule has 1 fully saturated rings.